The fraction of sp³-hybridized carbons (Fsp3) is 0.250. The summed E-state index contributed by atoms with van der Waals surface area (Å²) in [6.07, 6.45) is 0.749. The van der Waals surface area contributed by atoms with E-state index in [2.05, 4.69) is 10.3 Å². The van der Waals surface area contributed by atoms with Crippen LogP contribution in [0.1, 0.15) is 16.2 Å². The lowest BCUT2D eigenvalue weighted by molar-refractivity contribution is 0.111. The maximum Gasteiger partial charge on any atom is 0.168 e. The summed E-state index contributed by atoms with van der Waals surface area (Å²) in [4.78, 5) is 14.3. The van der Waals surface area contributed by atoms with Crippen LogP contribution in [-0.4, -0.2) is 18.3 Å². The first-order chi connectivity index (χ1) is 5.36. The quantitative estimate of drug-likeness (QED) is 0.642. The van der Waals surface area contributed by atoms with Gasteiger partial charge in [0.05, 0.1) is 5.69 Å². The first-order valence-corrected chi connectivity index (χ1v) is 3.42. The van der Waals surface area contributed by atoms with Crippen molar-refractivity contribution in [3.05, 3.63) is 29.6 Å². The van der Waals surface area contributed by atoms with E-state index >= 15 is 0 Å². The van der Waals surface area contributed by atoms with Crippen LogP contribution in [0.2, 0.25) is 0 Å². The molecule has 0 atom stereocenters. The summed E-state index contributed by atoms with van der Waals surface area (Å²) in [5.41, 5.74) is 1.37. The molecule has 0 aliphatic rings. The number of rotatable bonds is 3. The summed E-state index contributed by atoms with van der Waals surface area (Å²) >= 11 is 0. The minimum absolute atomic E-state index is 0.484. The van der Waals surface area contributed by atoms with Crippen molar-refractivity contribution in [3.8, 4) is 0 Å². The van der Waals surface area contributed by atoms with Gasteiger partial charge < -0.3 is 5.32 Å². The van der Waals surface area contributed by atoms with Gasteiger partial charge in [0.15, 0.2) is 6.29 Å². The maximum atomic E-state index is 10.3. The van der Waals surface area contributed by atoms with E-state index in [9.17, 15) is 4.79 Å². The lowest BCUT2D eigenvalue weighted by Crippen LogP contribution is -2.07. The molecule has 0 aliphatic carbocycles. The van der Waals surface area contributed by atoms with Gasteiger partial charge in [-0.1, -0.05) is 6.07 Å². The van der Waals surface area contributed by atoms with E-state index in [1.54, 1.807) is 6.07 Å². The van der Waals surface area contributed by atoms with Crippen molar-refractivity contribution in [2.45, 2.75) is 6.54 Å². The molecule has 1 rings (SSSR count). The molecule has 0 fully saturated rings. The Bertz CT molecular complexity index is 248. The average molecular weight is 150 g/mol. The van der Waals surface area contributed by atoms with Gasteiger partial charge in [-0.15, -0.1) is 0 Å². The Morgan fingerprint density at radius 1 is 1.64 bits per heavy atom. The molecule has 0 aromatic carbocycles. The number of carbonyl (C=O) groups excluding carboxylic acids is 1. The van der Waals surface area contributed by atoms with Crippen molar-refractivity contribution in [2.24, 2.45) is 0 Å². The lowest BCUT2D eigenvalue weighted by Gasteiger charge is -1.97. The number of nitrogens with zero attached hydrogens (tertiary/aromatic N) is 1. The summed E-state index contributed by atoms with van der Waals surface area (Å²) in [7, 11) is 1.84. The second-order valence-corrected chi connectivity index (χ2v) is 2.20. The van der Waals surface area contributed by atoms with Crippen molar-refractivity contribution in [2.75, 3.05) is 7.05 Å². The van der Waals surface area contributed by atoms with Crippen molar-refractivity contribution in [3.63, 3.8) is 0 Å². The molecule has 0 unspecified atom stereocenters. The molecule has 0 saturated heterocycles. The Morgan fingerprint density at radius 2 is 2.45 bits per heavy atom. The molecular weight excluding hydrogens is 140 g/mol. The van der Waals surface area contributed by atoms with E-state index in [1.165, 1.54) is 0 Å². The number of nitrogens with one attached hydrogen (secondary N) is 1. The molecule has 0 saturated carbocycles. The van der Waals surface area contributed by atoms with E-state index in [1.807, 2.05) is 19.2 Å². The van der Waals surface area contributed by atoms with E-state index < -0.39 is 0 Å². The average Bonchev–Trinajstić information content (AvgIpc) is 2.06. The molecular formula is C8H10N2O. The fourth-order valence-corrected chi connectivity index (χ4v) is 0.843. The normalized spacial score (nSPS) is 9.55. The van der Waals surface area contributed by atoms with Gasteiger partial charge in [-0.2, -0.15) is 0 Å². The second kappa shape index (κ2) is 3.83. The number of hydrogen-bond donors (Lipinski definition) is 1. The molecule has 0 bridgehead atoms. The zero-order valence-corrected chi connectivity index (χ0v) is 6.37. The third-order valence-corrected chi connectivity index (χ3v) is 1.31. The highest BCUT2D eigenvalue weighted by Crippen LogP contribution is 1.95. The maximum absolute atomic E-state index is 10.3. The molecule has 1 N–H and O–H groups in total. The number of carbonyl (C=O) groups is 1. The van der Waals surface area contributed by atoms with E-state index in [-0.39, 0.29) is 0 Å². The van der Waals surface area contributed by atoms with Crippen LogP contribution in [0.4, 0.5) is 0 Å². The molecule has 0 spiro atoms. The van der Waals surface area contributed by atoms with Crippen LogP contribution in [0.3, 0.4) is 0 Å². The molecule has 0 aliphatic heterocycles. The van der Waals surface area contributed by atoms with Crippen LogP contribution in [0.15, 0.2) is 18.2 Å². The molecule has 1 aromatic heterocycles. The predicted molar refractivity (Wildman–Crippen MR) is 42.4 cm³/mol. The highest BCUT2D eigenvalue weighted by Gasteiger charge is 1.93. The van der Waals surface area contributed by atoms with Gasteiger partial charge in [0.1, 0.15) is 5.69 Å². The third-order valence-electron chi connectivity index (χ3n) is 1.31. The smallest absolute Gasteiger partial charge is 0.168 e. The molecule has 1 aromatic rings. The van der Waals surface area contributed by atoms with Crippen LogP contribution >= 0.6 is 0 Å². The Labute approximate surface area is 65.5 Å². The Balaban J connectivity index is 2.82. The van der Waals surface area contributed by atoms with Gasteiger partial charge in [0.25, 0.3) is 0 Å². The standard InChI is InChI=1S/C8H10N2O/c1-9-5-7-3-2-4-8(6-11)10-7/h2-4,6,9H,5H2,1H3. The van der Waals surface area contributed by atoms with Crippen LogP contribution in [0, 0.1) is 0 Å². The van der Waals surface area contributed by atoms with E-state index in [0.29, 0.717) is 12.2 Å². The van der Waals surface area contributed by atoms with Crippen molar-refractivity contribution in [1.29, 1.82) is 0 Å². The summed E-state index contributed by atoms with van der Waals surface area (Å²) < 4.78 is 0. The van der Waals surface area contributed by atoms with E-state index in [0.717, 1.165) is 12.0 Å². The van der Waals surface area contributed by atoms with Crippen molar-refractivity contribution >= 4 is 6.29 Å². The predicted octanol–water partition coefficient (Wildman–Crippen LogP) is 0.613. The topological polar surface area (TPSA) is 42.0 Å². The van der Waals surface area contributed by atoms with Gasteiger partial charge in [0, 0.05) is 6.54 Å². The lowest BCUT2D eigenvalue weighted by atomic mass is 10.3. The van der Waals surface area contributed by atoms with Crippen LogP contribution in [-0.2, 0) is 6.54 Å². The van der Waals surface area contributed by atoms with Crippen molar-refractivity contribution in [1.82, 2.24) is 10.3 Å². The van der Waals surface area contributed by atoms with Crippen LogP contribution in [0.25, 0.3) is 0 Å². The second-order valence-electron chi connectivity index (χ2n) is 2.20. The number of hydrogen-bond acceptors (Lipinski definition) is 3. The SMILES string of the molecule is CNCc1cccc(C=O)n1. The highest BCUT2D eigenvalue weighted by molar-refractivity contribution is 5.71. The first kappa shape index (κ1) is 7.88. The Morgan fingerprint density at radius 3 is 3.09 bits per heavy atom. The number of pyridine rings is 1. The van der Waals surface area contributed by atoms with Gasteiger partial charge in [-0.25, -0.2) is 4.98 Å². The summed E-state index contributed by atoms with van der Waals surface area (Å²) in [5, 5.41) is 2.96. The monoisotopic (exact) mass is 150 g/mol. The summed E-state index contributed by atoms with van der Waals surface area (Å²) in [6, 6.07) is 5.39. The van der Waals surface area contributed by atoms with Gasteiger partial charge in [0.2, 0.25) is 0 Å². The fourth-order valence-electron chi connectivity index (χ4n) is 0.843. The molecule has 58 valence electrons. The number of aromatic nitrogens is 1. The zero-order chi connectivity index (χ0) is 8.10. The minimum atomic E-state index is 0.484. The minimum Gasteiger partial charge on any atom is -0.314 e. The summed E-state index contributed by atoms with van der Waals surface area (Å²) in [5.74, 6) is 0. The number of aldehydes is 1. The van der Waals surface area contributed by atoms with Crippen LogP contribution in [0.5, 0.6) is 0 Å². The molecule has 11 heavy (non-hydrogen) atoms. The van der Waals surface area contributed by atoms with Crippen molar-refractivity contribution < 1.29 is 4.79 Å². The molecule has 0 radical (unpaired) electrons. The van der Waals surface area contributed by atoms with Gasteiger partial charge in [-0.3, -0.25) is 4.79 Å². The Kier molecular flexibility index (Phi) is 2.74. The summed E-state index contributed by atoms with van der Waals surface area (Å²) in [6.45, 7) is 0.696. The third kappa shape index (κ3) is 2.13. The molecule has 3 heteroatoms. The van der Waals surface area contributed by atoms with E-state index in [4.69, 9.17) is 0 Å². The molecule has 1 heterocycles. The molecule has 3 nitrogen and oxygen atoms in total. The van der Waals surface area contributed by atoms with Gasteiger partial charge in [-0.05, 0) is 19.2 Å². The highest BCUT2D eigenvalue weighted by atomic mass is 16.1. The zero-order valence-electron chi connectivity index (χ0n) is 6.37. The first-order valence-electron chi connectivity index (χ1n) is 3.42. The van der Waals surface area contributed by atoms with Crippen LogP contribution < -0.4 is 5.32 Å². The largest absolute Gasteiger partial charge is 0.314 e. The van der Waals surface area contributed by atoms with Gasteiger partial charge >= 0.3 is 0 Å². The Hall–Kier alpha value is -1.22. The molecule has 0 amide bonds.